The van der Waals surface area contributed by atoms with Gasteiger partial charge in [-0.25, -0.2) is 4.98 Å². The number of benzene rings is 1. The van der Waals surface area contributed by atoms with Crippen molar-refractivity contribution in [2.45, 2.75) is 19.4 Å². The fourth-order valence-corrected chi connectivity index (χ4v) is 2.15. The minimum Gasteiger partial charge on any atom is -0.497 e. The van der Waals surface area contributed by atoms with Gasteiger partial charge in [0.05, 0.1) is 7.11 Å². The smallest absolute Gasteiger partial charge is 0.202 e. The van der Waals surface area contributed by atoms with Crippen LogP contribution in [0.25, 0.3) is 0 Å². The zero-order chi connectivity index (χ0) is 14.9. The number of hydrogen-bond acceptors (Lipinski definition) is 4. The van der Waals surface area contributed by atoms with Gasteiger partial charge in [0.15, 0.2) is 0 Å². The van der Waals surface area contributed by atoms with E-state index in [2.05, 4.69) is 27.0 Å². The highest BCUT2D eigenvalue weighted by molar-refractivity contribution is 5.29. The number of ether oxygens (including phenoxy) is 2. The monoisotopic (exact) mass is 289 g/mol. The molecule has 1 aromatic carbocycles. The first-order chi connectivity index (χ1) is 10.3. The molecule has 0 unspecified atom stereocenters. The first-order valence-corrected chi connectivity index (χ1v) is 7.20. The average Bonchev–Trinajstić information content (AvgIpc) is 2.96. The maximum absolute atomic E-state index is 5.16. The van der Waals surface area contributed by atoms with Crippen LogP contribution in [0.15, 0.2) is 36.7 Å². The molecule has 2 aromatic rings. The molecule has 1 heterocycles. The van der Waals surface area contributed by atoms with E-state index in [1.54, 1.807) is 14.2 Å². The highest BCUT2D eigenvalue weighted by Crippen LogP contribution is 2.12. The number of nitrogens with zero attached hydrogens (tertiary/aromatic N) is 2. The zero-order valence-corrected chi connectivity index (χ0v) is 12.7. The zero-order valence-electron chi connectivity index (χ0n) is 12.7. The van der Waals surface area contributed by atoms with Crippen molar-refractivity contribution in [1.29, 1.82) is 0 Å². The van der Waals surface area contributed by atoms with E-state index in [1.807, 2.05) is 24.5 Å². The molecule has 0 bridgehead atoms. The van der Waals surface area contributed by atoms with E-state index in [4.69, 9.17) is 9.47 Å². The van der Waals surface area contributed by atoms with Crippen molar-refractivity contribution < 1.29 is 9.47 Å². The second-order valence-electron chi connectivity index (χ2n) is 4.82. The Morgan fingerprint density at radius 2 is 2.00 bits per heavy atom. The van der Waals surface area contributed by atoms with Gasteiger partial charge in [0.2, 0.25) is 5.95 Å². The molecule has 0 fully saturated rings. The van der Waals surface area contributed by atoms with Crippen molar-refractivity contribution in [3.05, 3.63) is 42.2 Å². The fraction of sp³-hybridized carbons (Fsp3) is 0.438. The Morgan fingerprint density at radius 3 is 2.71 bits per heavy atom. The van der Waals surface area contributed by atoms with Gasteiger partial charge in [-0.3, -0.25) is 0 Å². The summed E-state index contributed by atoms with van der Waals surface area (Å²) in [5.74, 6) is 1.81. The van der Waals surface area contributed by atoms with Crippen molar-refractivity contribution in [1.82, 2.24) is 9.55 Å². The Labute approximate surface area is 125 Å². The quantitative estimate of drug-likeness (QED) is 0.721. The molecule has 0 saturated heterocycles. The molecule has 21 heavy (non-hydrogen) atoms. The molecule has 0 spiro atoms. The summed E-state index contributed by atoms with van der Waals surface area (Å²) in [7, 11) is 3.40. The van der Waals surface area contributed by atoms with Crippen LogP contribution in [0.4, 0.5) is 5.95 Å². The second-order valence-corrected chi connectivity index (χ2v) is 4.82. The number of aromatic nitrogens is 2. The molecular weight excluding hydrogens is 266 g/mol. The van der Waals surface area contributed by atoms with Crippen molar-refractivity contribution in [3.8, 4) is 5.75 Å². The van der Waals surface area contributed by atoms with E-state index in [1.165, 1.54) is 5.56 Å². The van der Waals surface area contributed by atoms with Crippen molar-refractivity contribution >= 4 is 5.95 Å². The highest BCUT2D eigenvalue weighted by Gasteiger charge is 2.02. The van der Waals surface area contributed by atoms with Crippen molar-refractivity contribution in [3.63, 3.8) is 0 Å². The number of aryl methyl sites for hydroxylation is 1. The lowest BCUT2D eigenvalue weighted by Gasteiger charge is -2.10. The molecule has 5 heteroatoms. The predicted octanol–water partition coefficient (Wildman–Crippen LogP) is 2.58. The lowest BCUT2D eigenvalue weighted by molar-refractivity contribution is 0.190. The largest absolute Gasteiger partial charge is 0.497 e. The first kappa shape index (κ1) is 15.4. The third-order valence-electron chi connectivity index (χ3n) is 3.32. The summed E-state index contributed by atoms with van der Waals surface area (Å²) < 4.78 is 12.3. The summed E-state index contributed by atoms with van der Waals surface area (Å²) >= 11 is 0. The molecule has 0 radical (unpaired) electrons. The number of rotatable bonds is 9. The van der Waals surface area contributed by atoms with Crippen LogP contribution in [0.3, 0.4) is 0 Å². The molecule has 114 valence electrons. The van der Waals surface area contributed by atoms with Crippen LogP contribution in [0.1, 0.15) is 12.0 Å². The molecular formula is C16H23N3O2. The van der Waals surface area contributed by atoms with E-state index < -0.39 is 0 Å². The van der Waals surface area contributed by atoms with E-state index in [-0.39, 0.29) is 0 Å². The van der Waals surface area contributed by atoms with Crippen molar-refractivity contribution in [2.24, 2.45) is 0 Å². The van der Waals surface area contributed by atoms with Crippen LogP contribution in [-0.4, -0.2) is 36.9 Å². The summed E-state index contributed by atoms with van der Waals surface area (Å²) in [5.41, 5.74) is 1.28. The molecule has 5 nitrogen and oxygen atoms in total. The Kier molecular flexibility index (Phi) is 6.09. The van der Waals surface area contributed by atoms with Gasteiger partial charge in [0, 0.05) is 39.2 Å². The Balaban J connectivity index is 1.78. The van der Waals surface area contributed by atoms with E-state index >= 15 is 0 Å². The van der Waals surface area contributed by atoms with Crippen LogP contribution in [0, 0.1) is 0 Å². The molecule has 1 aromatic heterocycles. The van der Waals surface area contributed by atoms with Gasteiger partial charge in [0.25, 0.3) is 0 Å². The summed E-state index contributed by atoms with van der Waals surface area (Å²) in [6, 6.07) is 8.15. The maximum Gasteiger partial charge on any atom is 0.202 e. The Bertz CT molecular complexity index is 523. The predicted molar refractivity (Wildman–Crippen MR) is 83.9 cm³/mol. The lowest BCUT2D eigenvalue weighted by Crippen LogP contribution is -2.11. The molecule has 0 amide bonds. The standard InChI is InChI=1S/C16H23N3O2/c1-20-13-3-11-19-12-10-18-16(19)17-9-8-14-4-6-15(21-2)7-5-14/h4-7,10,12H,3,8-9,11,13H2,1-2H3,(H,17,18). The molecule has 0 aliphatic carbocycles. The van der Waals surface area contributed by atoms with E-state index in [9.17, 15) is 0 Å². The topological polar surface area (TPSA) is 48.3 Å². The molecule has 0 aliphatic rings. The van der Waals surface area contributed by atoms with Gasteiger partial charge >= 0.3 is 0 Å². The maximum atomic E-state index is 5.16. The number of methoxy groups -OCH3 is 2. The Morgan fingerprint density at radius 1 is 1.19 bits per heavy atom. The van der Waals surface area contributed by atoms with Gasteiger partial charge in [-0.05, 0) is 30.5 Å². The normalized spacial score (nSPS) is 10.6. The number of hydrogen-bond donors (Lipinski definition) is 1. The van der Waals surface area contributed by atoms with Gasteiger partial charge < -0.3 is 19.4 Å². The van der Waals surface area contributed by atoms with Gasteiger partial charge in [-0.15, -0.1) is 0 Å². The molecule has 0 aliphatic heterocycles. The average molecular weight is 289 g/mol. The van der Waals surface area contributed by atoms with Crippen LogP contribution >= 0.6 is 0 Å². The van der Waals surface area contributed by atoms with Crippen LogP contribution in [0.2, 0.25) is 0 Å². The number of imidazole rings is 1. The minimum atomic E-state index is 0.767. The third kappa shape index (κ3) is 4.79. The van der Waals surface area contributed by atoms with Crippen molar-refractivity contribution in [2.75, 3.05) is 32.7 Å². The first-order valence-electron chi connectivity index (χ1n) is 7.20. The third-order valence-corrected chi connectivity index (χ3v) is 3.32. The molecule has 0 saturated carbocycles. The minimum absolute atomic E-state index is 0.767. The van der Waals surface area contributed by atoms with Crippen LogP contribution < -0.4 is 10.1 Å². The highest BCUT2D eigenvalue weighted by atomic mass is 16.5. The molecule has 2 rings (SSSR count). The van der Waals surface area contributed by atoms with Gasteiger partial charge in [-0.1, -0.05) is 12.1 Å². The van der Waals surface area contributed by atoms with Gasteiger partial charge in [0.1, 0.15) is 5.75 Å². The molecule has 1 N–H and O–H groups in total. The van der Waals surface area contributed by atoms with E-state index in [0.717, 1.165) is 44.2 Å². The summed E-state index contributed by atoms with van der Waals surface area (Å²) in [6.07, 6.45) is 5.75. The van der Waals surface area contributed by atoms with E-state index in [0.29, 0.717) is 0 Å². The second kappa shape index (κ2) is 8.32. The number of anilines is 1. The Hall–Kier alpha value is -2.01. The summed E-state index contributed by atoms with van der Waals surface area (Å²) in [5, 5.41) is 3.38. The lowest BCUT2D eigenvalue weighted by atomic mass is 10.1. The van der Waals surface area contributed by atoms with Crippen LogP contribution in [-0.2, 0) is 17.7 Å². The van der Waals surface area contributed by atoms with Crippen LogP contribution in [0.5, 0.6) is 5.75 Å². The summed E-state index contributed by atoms with van der Waals surface area (Å²) in [6.45, 7) is 2.54. The fourth-order valence-electron chi connectivity index (χ4n) is 2.15. The SMILES string of the molecule is COCCCn1ccnc1NCCc1ccc(OC)cc1. The molecule has 0 atom stereocenters. The summed E-state index contributed by atoms with van der Waals surface area (Å²) in [4.78, 5) is 4.34. The van der Waals surface area contributed by atoms with Gasteiger partial charge in [-0.2, -0.15) is 0 Å². The number of nitrogens with one attached hydrogen (secondary N) is 1.